The highest BCUT2D eigenvalue weighted by atomic mass is 16.5. The van der Waals surface area contributed by atoms with Gasteiger partial charge in [-0.1, -0.05) is 18.2 Å². The number of carbonyl (C=O) groups is 1. The van der Waals surface area contributed by atoms with E-state index in [4.69, 9.17) is 0 Å². The number of carboxylic acids is 1. The Morgan fingerprint density at radius 1 is 1.30 bits per heavy atom. The Hall–Kier alpha value is -1.31. The molecule has 0 bridgehead atoms. The molecule has 0 atom stereocenters. The molecule has 0 unspecified atom stereocenters. The molecule has 0 spiro atoms. The maximum absolute atomic E-state index is 10.8. The highest BCUT2D eigenvalue weighted by Gasteiger charge is 2.07. The minimum atomic E-state index is -0.277. The van der Waals surface area contributed by atoms with Crippen molar-refractivity contribution in [2.45, 2.75) is 0 Å². The van der Waals surface area contributed by atoms with E-state index in [1.807, 2.05) is 6.07 Å². The van der Waals surface area contributed by atoms with E-state index >= 15 is 0 Å². The first-order valence-corrected chi connectivity index (χ1v) is 2.90. The Morgan fingerprint density at radius 3 is 2.40 bits per heavy atom. The van der Waals surface area contributed by atoms with E-state index in [1.54, 1.807) is 24.3 Å². The minimum Gasteiger partial charge on any atom is -0.691 e. The third-order valence-electron chi connectivity index (χ3n) is 1.16. The van der Waals surface area contributed by atoms with Crippen LogP contribution in [0.5, 0.6) is 0 Å². The van der Waals surface area contributed by atoms with Crippen molar-refractivity contribution in [3.05, 3.63) is 43.0 Å². The predicted molar refractivity (Wildman–Crippen MR) is 38.8 cm³/mol. The van der Waals surface area contributed by atoms with E-state index in [2.05, 4.69) is 11.8 Å². The second kappa shape index (κ2) is 3.01. The van der Waals surface area contributed by atoms with Crippen LogP contribution in [0.3, 0.4) is 0 Å². The molecule has 0 aliphatic rings. The molecule has 1 N–H and O–H groups in total. The van der Waals surface area contributed by atoms with Crippen molar-refractivity contribution in [2.24, 2.45) is 0 Å². The lowest BCUT2D eigenvalue weighted by molar-refractivity contribution is 0.0289. The summed E-state index contributed by atoms with van der Waals surface area (Å²) < 4.78 is 3.27. The van der Waals surface area contributed by atoms with Gasteiger partial charge in [-0.3, -0.25) is 0 Å². The zero-order valence-electron chi connectivity index (χ0n) is 5.45. The number of benzene rings is 1. The van der Waals surface area contributed by atoms with Gasteiger partial charge in [-0.2, -0.15) is 0 Å². The van der Waals surface area contributed by atoms with Crippen LogP contribution in [0.15, 0.2) is 30.3 Å². The monoisotopic (exact) mass is 136 g/mol. The summed E-state index contributed by atoms with van der Waals surface area (Å²) in [4.78, 5) is 10.8. The SMILES string of the molecule is [CH2-][OH+]C(=O)c1ccccc1. The van der Waals surface area contributed by atoms with Crippen LogP contribution in [0.4, 0.5) is 0 Å². The third kappa shape index (κ3) is 1.35. The van der Waals surface area contributed by atoms with Crippen molar-refractivity contribution >= 4 is 5.97 Å². The molecule has 1 aromatic rings. The van der Waals surface area contributed by atoms with Crippen molar-refractivity contribution in [2.75, 3.05) is 0 Å². The molecule has 1 aromatic carbocycles. The smallest absolute Gasteiger partial charge is 0.522 e. The fraction of sp³-hybridized carbons (Fsp3) is 0. The molecule has 0 saturated heterocycles. The largest absolute Gasteiger partial charge is 0.691 e. The first-order valence-electron chi connectivity index (χ1n) is 2.90. The van der Waals surface area contributed by atoms with Crippen LogP contribution in [0, 0.1) is 7.11 Å². The quantitative estimate of drug-likeness (QED) is 0.328. The molecule has 0 aromatic heterocycles. The van der Waals surface area contributed by atoms with Crippen molar-refractivity contribution in [1.29, 1.82) is 0 Å². The van der Waals surface area contributed by atoms with Crippen LogP contribution < -0.4 is 0 Å². The van der Waals surface area contributed by atoms with E-state index in [0.717, 1.165) is 0 Å². The topological polar surface area (TPSA) is 29.9 Å². The van der Waals surface area contributed by atoms with Crippen molar-refractivity contribution in [3.8, 4) is 0 Å². The molecule has 52 valence electrons. The summed E-state index contributed by atoms with van der Waals surface area (Å²) in [5, 5.41) is 0. The molecule has 0 amide bonds. The summed E-state index contributed by atoms with van der Waals surface area (Å²) in [6.07, 6.45) is 0. The summed E-state index contributed by atoms with van der Waals surface area (Å²) in [5.41, 5.74) is 0.581. The van der Waals surface area contributed by atoms with Gasteiger partial charge in [-0.15, -0.1) is 7.11 Å². The molecule has 10 heavy (non-hydrogen) atoms. The Morgan fingerprint density at radius 2 is 1.90 bits per heavy atom. The van der Waals surface area contributed by atoms with E-state index in [0.29, 0.717) is 5.56 Å². The Labute approximate surface area is 59.4 Å². The number of hydrogen-bond acceptors (Lipinski definition) is 1. The standard InChI is InChI=1S/C8H8O2/c1-10-8(9)7-5-3-2-4-6-7/h2-6,10H,1H2. The molecule has 2 nitrogen and oxygen atoms in total. The average molecular weight is 136 g/mol. The Balaban J connectivity index is 2.85. The van der Waals surface area contributed by atoms with Crippen LogP contribution >= 0.6 is 0 Å². The van der Waals surface area contributed by atoms with Gasteiger partial charge in [-0.25, -0.2) is 0 Å². The van der Waals surface area contributed by atoms with Gasteiger partial charge in [0.2, 0.25) is 0 Å². The van der Waals surface area contributed by atoms with Crippen LogP contribution in [0.2, 0.25) is 0 Å². The van der Waals surface area contributed by atoms with Crippen molar-refractivity contribution in [3.63, 3.8) is 0 Å². The van der Waals surface area contributed by atoms with Crippen LogP contribution in [0.25, 0.3) is 0 Å². The van der Waals surface area contributed by atoms with Gasteiger partial charge < -0.3 is 4.74 Å². The Bertz CT molecular complexity index is 216. The molecule has 0 fully saturated rings. The molecule has 0 aliphatic heterocycles. The second-order valence-electron chi connectivity index (χ2n) is 1.83. The average Bonchev–Trinajstić information content (AvgIpc) is 2.05. The molecule has 1 rings (SSSR count). The summed E-state index contributed by atoms with van der Waals surface area (Å²) in [6.45, 7) is 0. The number of aliphatic hydroxyl groups is 1. The highest BCUT2D eigenvalue weighted by Crippen LogP contribution is 1.97. The summed E-state index contributed by atoms with van der Waals surface area (Å²) in [5.74, 6) is -0.277. The lowest BCUT2D eigenvalue weighted by Gasteiger charge is -1.97. The summed E-state index contributed by atoms with van der Waals surface area (Å²) >= 11 is 0. The first-order chi connectivity index (χ1) is 4.84. The number of rotatable bonds is 1. The van der Waals surface area contributed by atoms with Crippen LogP contribution in [-0.2, 0) is 0 Å². The second-order valence-corrected chi connectivity index (χ2v) is 1.83. The number of aromatic carboxylic acids is 1. The summed E-state index contributed by atoms with van der Waals surface area (Å²) in [6, 6.07) is 8.84. The van der Waals surface area contributed by atoms with Crippen molar-refractivity contribution < 1.29 is 9.53 Å². The lowest BCUT2D eigenvalue weighted by atomic mass is 10.2. The first kappa shape index (κ1) is 6.81. The van der Waals surface area contributed by atoms with E-state index in [1.165, 1.54) is 0 Å². The molecule has 0 heterocycles. The predicted octanol–water partition coefficient (Wildman–Crippen LogP) is 1.71. The highest BCUT2D eigenvalue weighted by molar-refractivity contribution is 5.88. The van der Waals surface area contributed by atoms with Crippen LogP contribution in [0.1, 0.15) is 10.4 Å². The van der Waals surface area contributed by atoms with Gasteiger partial charge in [0, 0.05) is 4.79 Å². The fourth-order valence-corrected chi connectivity index (χ4v) is 0.672. The number of ether oxygens (including phenoxy) is 1. The maximum atomic E-state index is 10.8. The van der Waals surface area contributed by atoms with E-state index < -0.39 is 0 Å². The third-order valence-corrected chi connectivity index (χ3v) is 1.16. The summed E-state index contributed by atoms with van der Waals surface area (Å²) in [7, 11) is 3.14. The Kier molecular flexibility index (Phi) is 2.05. The number of hydrogen-bond donors (Lipinski definition) is 0. The van der Waals surface area contributed by atoms with Gasteiger partial charge in [0.25, 0.3) is 0 Å². The van der Waals surface area contributed by atoms with E-state index in [-0.39, 0.29) is 5.97 Å². The zero-order chi connectivity index (χ0) is 7.40. The van der Waals surface area contributed by atoms with Gasteiger partial charge in [-0.05, 0) is 12.1 Å². The van der Waals surface area contributed by atoms with Crippen molar-refractivity contribution in [1.82, 2.24) is 0 Å². The molecule has 0 saturated carbocycles. The van der Waals surface area contributed by atoms with Gasteiger partial charge in [0.05, 0.1) is 0 Å². The van der Waals surface area contributed by atoms with Crippen LogP contribution in [-0.4, -0.2) is 10.7 Å². The molecule has 2 heteroatoms. The van der Waals surface area contributed by atoms with Gasteiger partial charge in [0.15, 0.2) is 0 Å². The minimum absolute atomic E-state index is 0.277. The zero-order valence-corrected chi connectivity index (χ0v) is 5.45. The van der Waals surface area contributed by atoms with Gasteiger partial charge in [0.1, 0.15) is 5.56 Å². The maximum Gasteiger partial charge on any atom is 0.522 e. The molecular weight excluding hydrogens is 128 g/mol. The molecule has 0 radical (unpaired) electrons. The lowest BCUT2D eigenvalue weighted by Crippen LogP contribution is -2.02. The van der Waals surface area contributed by atoms with Gasteiger partial charge >= 0.3 is 5.97 Å². The normalized spacial score (nSPS) is 8.90. The molecule has 0 aliphatic carbocycles. The fourth-order valence-electron chi connectivity index (χ4n) is 0.672. The van der Waals surface area contributed by atoms with E-state index in [9.17, 15) is 4.79 Å². The molecular formula is C8H8O2.